The van der Waals surface area contributed by atoms with Crippen LogP contribution in [0.2, 0.25) is 0 Å². The van der Waals surface area contributed by atoms with Gasteiger partial charge in [-0.15, -0.1) is 11.3 Å². The number of para-hydroxylation sites is 3. The number of rotatable bonds is 4. The summed E-state index contributed by atoms with van der Waals surface area (Å²) < 4.78 is 13.6. The number of hydrogen-bond acceptors (Lipinski definition) is 3. The van der Waals surface area contributed by atoms with E-state index in [9.17, 15) is 0 Å². The van der Waals surface area contributed by atoms with Crippen molar-refractivity contribution >= 4 is 97.1 Å². The number of pyridine rings is 1. The summed E-state index contributed by atoms with van der Waals surface area (Å²) in [7, 11) is 0. The Bertz CT molecular complexity index is 3810. The van der Waals surface area contributed by atoms with Gasteiger partial charge in [-0.2, -0.15) is 0 Å². The molecule has 0 unspecified atom stereocenters. The normalized spacial score (nSPS) is 12.1. The predicted molar refractivity (Wildman–Crippen MR) is 244 cm³/mol. The van der Waals surface area contributed by atoms with E-state index in [1.54, 1.807) is 0 Å². The molecule has 270 valence electrons. The molecule has 0 bridgehead atoms. The largest absolute Gasteiger partial charge is 0.456 e. The molecule has 58 heavy (non-hydrogen) atoms. The third-order valence-corrected chi connectivity index (χ3v) is 13.1. The Hall–Kier alpha value is -7.47. The molecule has 8 aromatic carbocycles. The van der Waals surface area contributed by atoms with Gasteiger partial charge in [-0.05, 0) is 96.1 Å². The van der Waals surface area contributed by atoms with Gasteiger partial charge in [0.05, 0.1) is 27.8 Å². The fraction of sp³-hybridized carbons (Fsp3) is 0. The number of aromatic nitrogens is 3. The lowest BCUT2D eigenvalue weighted by Crippen LogP contribution is -1.98. The van der Waals surface area contributed by atoms with Crippen molar-refractivity contribution in [1.82, 2.24) is 14.1 Å². The maximum atomic E-state index is 6.28. The minimum atomic E-state index is 0.905. The van der Waals surface area contributed by atoms with Crippen molar-refractivity contribution in [2.24, 2.45) is 0 Å². The van der Waals surface area contributed by atoms with Crippen molar-refractivity contribution in [2.75, 3.05) is 0 Å². The molecule has 0 amide bonds. The Balaban J connectivity index is 1.01. The number of benzene rings is 8. The molecule has 5 heteroatoms. The van der Waals surface area contributed by atoms with E-state index < -0.39 is 0 Å². The third kappa shape index (κ3) is 4.59. The Morgan fingerprint density at radius 3 is 1.79 bits per heavy atom. The molecule has 0 N–H and O–H groups in total. The van der Waals surface area contributed by atoms with Gasteiger partial charge in [0.15, 0.2) is 0 Å². The molecular formula is C53H31N3OS. The van der Waals surface area contributed by atoms with Crippen molar-refractivity contribution in [3.05, 3.63) is 188 Å². The van der Waals surface area contributed by atoms with E-state index in [1.807, 2.05) is 29.5 Å². The lowest BCUT2D eigenvalue weighted by atomic mass is 10.0. The first-order valence-electron chi connectivity index (χ1n) is 19.6. The Morgan fingerprint density at radius 1 is 0.362 bits per heavy atom. The molecule has 0 aliphatic rings. The Kier molecular flexibility index (Phi) is 6.57. The van der Waals surface area contributed by atoms with Gasteiger partial charge in [-0.1, -0.05) is 103 Å². The van der Waals surface area contributed by atoms with Crippen LogP contribution in [0.15, 0.2) is 192 Å². The van der Waals surface area contributed by atoms with Crippen molar-refractivity contribution in [1.29, 1.82) is 0 Å². The molecule has 13 rings (SSSR count). The minimum Gasteiger partial charge on any atom is -0.456 e. The van der Waals surface area contributed by atoms with E-state index in [2.05, 4.69) is 179 Å². The zero-order valence-corrected chi connectivity index (χ0v) is 31.9. The van der Waals surface area contributed by atoms with E-state index in [-0.39, 0.29) is 0 Å². The van der Waals surface area contributed by atoms with Crippen LogP contribution in [-0.2, 0) is 0 Å². The summed E-state index contributed by atoms with van der Waals surface area (Å²) in [4.78, 5) is 5.23. The second kappa shape index (κ2) is 12.0. The fourth-order valence-electron chi connectivity index (χ4n) is 9.26. The molecular weight excluding hydrogens is 727 g/mol. The molecule has 0 saturated heterocycles. The van der Waals surface area contributed by atoms with Gasteiger partial charge in [-0.3, -0.25) is 4.57 Å². The van der Waals surface area contributed by atoms with E-state index in [0.29, 0.717) is 0 Å². The van der Waals surface area contributed by atoms with Crippen LogP contribution >= 0.6 is 11.3 Å². The maximum absolute atomic E-state index is 6.28. The summed E-state index contributed by atoms with van der Waals surface area (Å²) >= 11 is 1.85. The van der Waals surface area contributed by atoms with Gasteiger partial charge in [0.2, 0.25) is 0 Å². The van der Waals surface area contributed by atoms with Crippen LogP contribution in [0.25, 0.3) is 120 Å². The molecule has 0 aliphatic heterocycles. The van der Waals surface area contributed by atoms with E-state index >= 15 is 0 Å². The second-order valence-corrected chi connectivity index (χ2v) is 16.2. The van der Waals surface area contributed by atoms with Crippen LogP contribution in [0.4, 0.5) is 0 Å². The SMILES string of the molecule is c1ccc(-c2cccc(-n3c4ccccc4c4cc5c(cc43)c3ccccc3n5-c3ccc4sc5ccc(-c6ccc7c(c6)oc6ccccc67)cc5c4c3)n2)cc1. The van der Waals surface area contributed by atoms with Gasteiger partial charge >= 0.3 is 0 Å². The predicted octanol–water partition coefficient (Wildman–Crippen LogP) is 14.9. The van der Waals surface area contributed by atoms with Crippen molar-refractivity contribution in [2.45, 2.75) is 0 Å². The van der Waals surface area contributed by atoms with Crippen LogP contribution in [0.5, 0.6) is 0 Å². The Morgan fingerprint density at radius 2 is 0.983 bits per heavy atom. The van der Waals surface area contributed by atoms with E-state index in [0.717, 1.165) is 61.3 Å². The smallest absolute Gasteiger partial charge is 0.138 e. The topological polar surface area (TPSA) is 35.9 Å². The number of nitrogens with zero attached hydrogens (tertiary/aromatic N) is 3. The summed E-state index contributed by atoms with van der Waals surface area (Å²) in [5.41, 5.74) is 12.0. The molecule has 5 aromatic heterocycles. The quantitative estimate of drug-likeness (QED) is 0.179. The fourth-order valence-corrected chi connectivity index (χ4v) is 10.3. The molecule has 0 spiro atoms. The molecule has 0 radical (unpaired) electrons. The van der Waals surface area contributed by atoms with Crippen molar-refractivity contribution < 1.29 is 4.42 Å². The average molecular weight is 758 g/mol. The summed E-state index contributed by atoms with van der Waals surface area (Å²) in [6.45, 7) is 0. The number of furan rings is 1. The lowest BCUT2D eigenvalue weighted by molar-refractivity contribution is 0.669. The lowest BCUT2D eigenvalue weighted by Gasteiger charge is -2.10. The van der Waals surface area contributed by atoms with Crippen molar-refractivity contribution in [3.8, 4) is 33.9 Å². The summed E-state index contributed by atoms with van der Waals surface area (Å²) in [6, 6.07) is 67.7. The molecule has 0 atom stereocenters. The second-order valence-electron chi connectivity index (χ2n) is 15.1. The van der Waals surface area contributed by atoms with E-state index in [1.165, 1.54) is 58.3 Å². The number of thiophene rings is 1. The standard InChI is InChI=1S/C53H31N3OS/c1-2-11-32(12-3-1)44-16-10-20-53(54-44)56-46-18-8-5-14-37(46)41-30-47-40(31-48(41)56)36-13-4-7-17-45(36)55(47)35-23-26-52-43(29-35)42-27-33(22-25-51(42)58-52)34-21-24-39-38-15-6-9-19-49(38)57-50(39)28-34/h1-31H. The van der Waals surface area contributed by atoms with Gasteiger partial charge in [-0.25, -0.2) is 4.98 Å². The van der Waals surface area contributed by atoms with Gasteiger partial charge < -0.3 is 8.98 Å². The van der Waals surface area contributed by atoms with Crippen LogP contribution in [-0.4, -0.2) is 14.1 Å². The number of hydrogen-bond donors (Lipinski definition) is 0. The Labute approximate surface area is 336 Å². The van der Waals surface area contributed by atoms with Crippen LogP contribution in [0.1, 0.15) is 0 Å². The first kappa shape index (κ1) is 31.7. The zero-order valence-electron chi connectivity index (χ0n) is 31.1. The zero-order chi connectivity index (χ0) is 37.9. The van der Waals surface area contributed by atoms with Gasteiger partial charge in [0.1, 0.15) is 17.0 Å². The monoisotopic (exact) mass is 757 g/mol. The molecule has 0 fully saturated rings. The highest BCUT2D eigenvalue weighted by Gasteiger charge is 2.20. The van der Waals surface area contributed by atoms with Crippen LogP contribution < -0.4 is 0 Å². The summed E-state index contributed by atoms with van der Waals surface area (Å²) in [5, 5.41) is 9.66. The highest BCUT2D eigenvalue weighted by atomic mass is 32.1. The molecule has 0 aliphatic carbocycles. The van der Waals surface area contributed by atoms with E-state index in [4.69, 9.17) is 9.40 Å². The highest BCUT2D eigenvalue weighted by Crippen LogP contribution is 2.42. The molecule has 13 aromatic rings. The van der Waals surface area contributed by atoms with Crippen molar-refractivity contribution in [3.63, 3.8) is 0 Å². The molecule has 0 saturated carbocycles. The third-order valence-electron chi connectivity index (χ3n) is 11.9. The summed E-state index contributed by atoms with van der Waals surface area (Å²) in [5.74, 6) is 0.905. The van der Waals surface area contributed by atoms with Gasteiger partial charge in [0.25, 0.3) is 0 Å². The minimum absolute atomic E-state index is 0.905. The highest BCUT2D eigenvalue weighted by molar-refractivity contribution is 7.25. The first-order valence-corrected chi connectivity index (χ1v) is 20.4. The first-order chi connectivity index (χ1) is 28.7. The van der Waals surface area contributed by atoms with Crippen LogP contribution in [0, 0.1) is 0 Å². The van der Waals surface area contributed by atoms with Gasteiger partial charge in [0, 0.05) is 63.7 Å². The summed E-state index contributed by atoms with van der Waals surface area (Å²) in [6.07, 6.45) is 0. The molecule has 5 heterocycles. The maximum Gasteiger partial charge on any atom is 0.138 e. The average Bonchev–Trinajstić information content (AvgIpc) is 4.02. The number of fused-ring (bicyclic) bond motifs is 12. The molecule has 4 nitrogen and oxygen atoms in total. The van der Waals surface area contributed by atoms with Crippen LogP contribution in [0.3, 0.4) is 0 Å².